The Balaban J connectivity index is 1.90. The fraction of sp³-hybridized carbons (Fsp3) is 1.00. The van der Waals surface area contributed by atoms with E-state index in [0.717, 1.165) is 19.6 Å². The van der Waals surface area contributed by atoms with E-state index in [1.54, 1.807) is 20.8 Å². The van der Waals surface area contributed by atoms with Crippen LogP contribution in [0.3, 0.4) is 0 Å². The van der Waals surface area contributed by atoms with Gasteiger partial charge in [0.25, 0.3) is 0 Å². The minimum absolute atomic E-state index is 0.281. The summed E-state index contributed by atoms with van der Waals surface area (Å²) < 4.78 is 23.7. The molecule has 1 saturated heterocycles. The van der Waals surface area contributed by atoms with Crippen LogP contribution >= 0.6 is 0 Å². The van der Waals surface area contributed by atoms with Crippen LogP contribution < -0.4 is 5.32 Å². The zero-order valence-electron chi connectivity index (χ0n) is 12.5. The lowest BCUT2D eigenvalue weighted by Gasteiger charge is -2.41. The van der Waals surface area contributed by atoms with Gasteiger partial charge in [-0.25, -0.2) is 8.42 Å². The third-order valence-corrected chi connectivity index (χ3v) is 7.21. The van der Waals surface area contributed by atoms with Crippen LogP contribution in [0.25, 0.3) is 0 Å². The summed E-state index contributed by atoms with van der Waals surface area (Å²) in [6, 6.07) is 0. The Labute approximate surface area is 117 Å². The average Bonchev–Trinajstić information content (AvgIpc) is 2.73. The van der Waals surface area contributed by atoms with Crippen molar-refractivity contribution in [2.45, 2.75) is 56.7 Å². The first-order valence-corrected chi connectivity index (χ1v) is 9.09. The molecule has 0 aromatic heterocycles. The molecule has 0 atom stereocenters. The molecule has 2 rings (SSSR count). The molecule has 112 valence electrons. The lowest BCUT2D eigenvalue weighted by atomic mass is 9.95. The summed E-state index contributed by atoms with van der Waals surface area (Å²) in [7, 11) is -2.99. The third-order valence-electron chi connectivity index (χ3n) is 4.62. The smallest absolute Gasteiger partial charge is 0.156 e. The summed E-state index contributed by atoms with van der Waals surface area (Å²) in [6.45, 7) is 9.04. The van der Waals surface area contributed by atoms with Crippen LogP contribution in [0.5, 0.6) is 0 Å². The van der Waals surface area contributed by atoms with Crippen LogP contribution in [0.2, 0.25) is 0 Å². The summed E-state index contributed by atoms with van der Waals surface area (Å²) in [5.41, 5.74) is 0.281. The fourth-order valence-corrected chi connectivity index (χ4v) is 4.29. The summed E-state index contributed by atoms with van der Waals surface area (Å²) in [6.07, 6.45) is 5.10. The summed E-state index contributed by atoms with van der Waals surface area (Å²) in [5.74, 6) is 0.284. The monoisotopic (exact) mass is 288 g/mol. The van der Waals surface area contributed by atoms with Gasteiger partial charge in [-0.3, -0.25) is 4.90 Å². The largest absolute Gasteiger partial charge is 0.309 e. The molecule has 5 heteroatoms. The van der Waals surface area contributed by atoms with Crippen LogP contribution in [0.4, 0.5) is 0 Å². The van der Waals surface area contributed by atoms with E-state index in [1.165, 1.54) is 25.7 Å². The Morgan fingerprint density at radius 3 is 2.42 bits per heavy atom. The fourth-order valence-electron chi connectivity index (χ4n) is 3.18. The van der Waals surface area contributed by atoms with Crippen molar-refractivity contribution in [1.29, 1.82) is 0 Å². The van der Waals surface area contributed by atoms with Crippen LogP contribution in [0.1, 0.15) is 46.5 Å². The molecule has 0 aromatic carbocycles. The predicted octanol–water partition coefficient (Wildman–Crippen LogP) is 1.42. The van der Waals surface area contributed by atoms with Gasteiger partial charge < -0.3 is 5.32 Å². The molecule has 0 unspecified atom stereocenters. The van der Waals surface area contributed by atoms with Gasteiger partial charge in [-0.2, -0.15) is 0 Å². The second-order valence-electron chi connectivity index (χ2n) is 7.12. The molecule has 0 radical (unpaired) electrons. The van der Waals surface area contributed by atoms with Crippen molar-refractivity contribution in [3.8, 4) is 0 Å². The molecule has 2 aliphatic rings. The molecular formula is C14H28N2O2S. The quantitative estimate of drug-likeness (QED) is 0.853. The van der Waals surface area contributed by atoms with Crippen LogP contribution in [-0.2, 0) is 9.84 Å². The van der Waals surface area contributed by atoms with Crippen molar-refractivity contribution in [3.63, 3.8) is 0 Å². The van der Waals surface area contributed by atoms with Gasteiger partial charge in [-0.05, 0) is 33.6 Å². The van der Waals surface area contributed by atoms with Gasteiger partial charge in [0.1, 0.15) is 0 Å². The number of nitrogens with zero attached hydrogens (tertiary/aromatic N) is 1. The number of hydrogen-bond donors (Lipinski definition) is 1. The maximum atomic E-state index is 12.2. The number of piperazine rings is 1. The van der Waals surface area contributed by atoms with Crippen LogP contribution in [0, 0.1) is 0 Å². The summed E-state index contributed by atoms with van der Waals surface area (Å²) in [4.78, 5) is 2.34. The number of hydrogen-bond acceptors (Lipinski definition) is 4. The Bertz CT molecular complexity index is 406. The molecule has 1 aliphatic carbocycles. The van der Waals surface area contributed by atoms with Gasteiger partial charge in [-0.15, -0.1) is 0 Å². The van der Waals surface area contributed by atoms with Crippen LogP contribution in [0.15, 0.2) is 0 Å². The average molecular weight is 288 g/mol. The lowest BCUT2D eigenvalue weighted by Crippen LogP contribution is -2.59. The number of rotatable bonds is 3. The van der Waals surface area contributed by atoms with Gasteiger partial charge in [0.05, 0.1) is 10.5 Å². The SMILES string of the molecule is CC(C)(C)S(=O)(=O)CCN1CCNC2(CCCC2)C1. The topological polar surface area (TPSA) is 49.4 Å². The zero-order chi connectivity index (χ0) is 14.1. The second-order valence-corrected chi connectivity index (χ2v) is 9.98. The molecule has 0 aromatic rings. The Morgan fingerprint density at radius 1 is 1.21 bits per heavy atom. The summed E-state index contributed by atoms with van der Waals surface area (Å²) >= 11 is 0. The number of nitrogens with one attached hydrogen (secondary N) is 1. The molecule has 1 aliphatic heterocycles. The van der Waals surface area contributed by atoms with E-state index < -0.39 is 14.6 Å². The van der Waals surface area contributed by atoms with Crippen molar-refractivity contribution in [1.82, 2.24) is 10.2 Å². The van der Waals surface area contributed by atoms with E-state index in [9.17, 15) is 8.42 Å². The molecule has 1 heterocycles. The standard InChI is InChI=1S/C14H28N2O2S/c1-13(2,3)19(17,18)11-10-16-9-8-15-14(12-16)6-4-5-7-14/h15H,4-12H2,1-3H3. The maximum Gasteiger partial charge on any atom is 0.156 e. The Morgan fingerprint density at radius 2 is 1.84 bits per heavy atom. The zero-order valence-corrected chi connectivity index (χ0v) is 13.4. The molecule has 0 bridgehead atoms. The first kappa shape index (κ1) is 15.3. The van der Waals surface area contributed by atoms with Gasteiger partial charge in [0.15, 0.2) is 9.84 Å². The van der Waals surface area contributed by atoms with Gasteiger partial charge in [-0.1, -0.05) is 12.8 Å². The van der Waals surface area contributed by atoms with Crippen LogP contribution in [-0.4, -0.2) is 55.5 Å². The molecule has 19 heavy (non-hydrogen) atoms. The van der Waals surface area contributed by atoms with Crippen molar-refractivity contribution in [2.75, 3.05) is 31.9 Å². The minimum atomic E-state index is -2.99. The number of sulfone groups is 1. The molecule has 2 fully saturated rings. The molecule has 1 spiro atoms. The van der Waals surface area contributed by atoms with Crippen molar-refractivity contribution in [2.24, 2.45) is 0 Å². The van der Waals surface area contributed by atoms with Crippen molar-refractivity contribution >= 4 is 9.84 Å². The first-order chi connectivity index (χ1) is 8.74. The molecular weight excluding hydrogens is 260 g/mol. The highest BCUT2D eigenvalue weighted by atomic mass is 32.2. The second kappa shape index (κ2) is 5.34. The molecule has 4 nitrogen and oxygen atoms in total. The predicted molar refractivity (Wildman–Crippen MR) is 79.2 cm³/mol. The van der Waals surface area contributed by atoms with Gasteiger partial charge >= 0.3 is 0 Å². The van der Waals surface area contributed by atoms with E-state index in [1.807, 2.05) is 0 Å². The van der Waals surface area contributed by atoms with Gasteiger partial charge in [0.2, 0.25) is 0 Å². The van der Waals surface area contributed by atoms with E-state index in [0.29, 0.717) is 6.54 Å². The van der Waals surface area contributed by atoms with Crippen molar-refractivity contribution < 1.29 is 8.42 Å². The lowest BCUT2D eigenvalue weighted by molar-refractivity contribution is 0.141. The van der Waals surface area contributed by atoms with Gasteiger partial charge in [0, 0.05) is 31.7 Å². The highest BCUT2D eigenvalue weighted by molar-refractivity contribution is 7.92. The minimum Gasteiger partial charge on any atom is -0.309 e. The summed E-state index contributed by atoms with van der Waals surface area (Å²) in [5, 5.41) is 3.66. The van der Waals surface area contributed by atoms with E-state index >= 15 is 0 Å². The molecule has 1 N–H and O–H groups in total. The van der Waals surface area contributed by atoms with E-state index in [-0.39, 0.29) is 11.3 Å². The third kappa shape index (κ3) is 3.50. The maximum absolute atomic E-state index is 12.2. The highest BCUT2D eigenvalue weighted by Gasteiger charge is 2.38. The van der Waals surface area contributed by atoms with E-state index in [4.69, 9.17) is 0 Å². The van der Waals surface area contributed by atoms with Crippen molar-refractivity contribution in [3.05, 3.63) is 0 Å². The Kier molecular flexibility index (Phi) is 4.29. The highest BCUT2D eigenvalue weighted by Crippen LogP contribution is 2.31. The van der Waals surface area contributed by atoms with E-state index in [2.05, 4.69) is 10.2 Å². The molecule has 1 saturated carbocycles. The Hall–Kier alpha value is -0.130. The normalized spacial score (nSPS) is 25.0. The first-order valence-electron chi connectivity index (χ1n) is 7.44. The molecule has 0 amide bonds.